The van der Waals surface area contributed by atoms with E-state index in [-0.39, 0.29) is 18.1 Å². The number of hydrogen-bond acceptors (Lipinski definition) is 3. The van der Waals surface area contributed by atoms with Gasteiger partial charge in [0, 0.05) is 18.6 Å². The van der Waals surface area contributed by atoms with E-state index in [1.165, 1.54) is 32.5 Å². The van der Waals surface area contributed by atoms with Crippen LogP contribution in [0.15, 0.2) is 0 Å². The number of likely N-dealkylation sites (tertiary alicyclic amines) is 1. The fourth-order valence-corrected chi connectivity index (χ4v) is 3.05. The first-order chi connectivity index (χ1) is 8.80. The number of aliphatic hydroxyl groups is 1. The summed E-state index contributed by atoms with van der Waals surface area (Å²) in [5, 5.41) is 13.2. The second-order valence-corrected chi connectivity index (χ2v) is 7.78. The fourth-order valence-electron chi connectivity index (χ4n) is 3.05. The highest BCUT2D eigenvalue weighted by Gasteiger charge is 2.24. The van der Waals surface area contributed by atoms with E-state index in [0.29, 0.717) is 6.04 Å². The van der Waals surface area contributed by atoms with E-state index in [4.69, 9.17) is 0 Å². The second-order valence-electron chi connectivity index (χ2n) is 7.78. The van der Waals surface area contributed by atoms with Crippen molar-refractivity contribution in [2.75, 3.05) is 26.2 Å². The van der Waals surface area contributed by atoms with Crippen LogP contribution in [-0.4, -0.2) is 48.3 Å². The molecule has 0 amide bonds. The van der Waals surface area contributed by atoms with Gasteiger partial charge in [-0.15, -0.1) is 0 Å². The largest absolute Gasteiger partial charge is 0.395 e. The molecule has 114 valence electrons. The summed E-state index contributed by atoms with van der Waals surface area (Å²) in [7, 11) is 0. The molecule has 0 saturated carbocycles. The summed E-state index contributed by atoms with van der Waals surface area (Å²) < 4.78 is 0. The minimum atomic E-state index is 0.252. The maximum Gasteiger partial charge on any atom is 0.0584 e. The Labute approximate surface area is 119 Å². The monoisotopic (exact) mass is 270 g/mol. The summed E-state index contributed by atoms with van der Waals surface area (Å²) in [5.41, 5.74) is 0.277. The van der Waals surface area contributed by atoms with Crippen LogP contribution in [0.2, 0.25) is 0 Å². The molecule has 1 heterocycles. The van der Waals surface area contributed by atoms with Crippen LogP contribution in [-0.2, 0) is 0 Å². The summed E-state index contributed by atoms with van der Waals surface area (Å²) in [6.07, 6.45) is 3.47. The van der Waals surface area contributed by atoms with Crippen LogP contribution in [0.3, 0.4) is 0 Å². The number of piperidine rings is 1. The van der Waals surface area contributed by atoms with Crippen molar-refractivity contribution in [3.8, 4) is 0 Å². The third-order valence-corrected chi connectivity index (χ3v) is 3.76. The van der Waals surface area contributed by atoms with Gasteiger partial charge in [0.05, 0.1) is 6.61 Å². The quantitative estimate of drug-likeness (QED) is 0.778. The van der Waals surface area contributed by atoms with E-state index in [1.54, 1.807) is 0 Å². The molecule has 3 heteroatoms. The van der Waals surface area contributed by atoms with Crippen LogP contribution >= 0.6 is 0 Å². The maximum absolute atomic E-state index is 9.52. The van der Waals surface area contributed by atoms with Gasteiger partial charge in [-0.2, -0.15) is 0 Å². The fraction of sp³-hybridized carbons (Fsp3) is 1.00. The Hall–Kier alpha value is -0.120. The Balaban J connectivity index is 2.31. The Kier molecular flexibility index (Phi) is 6.78. The van der Waals surface area contributed by atoms with Crippen molar-refractivity contribution >= 4 is 0 Å². The van der Waals surface area contributed by atoms with Gasteiger partial charge in [-0.25, -0.2) is 0 Å². The average molecular weight is 270 g/mol. The number of nitrogens with zero attached hydrogens (tertiary/aromatic N) is 1. The molecule has 0 aromatic rings. The first-order valence-electron chi connectivity index (χ1n) is 7.89. The van der Waals surface area contributed by atoms with Crippen LogP contribution in [0, 0.1) is 11.3 Å². The molecule has 0 aromatic heterocycles. The predicted octanol–water partition coefficient (Wildman–Crippen LogP) is 2.49. The summed E-state index contributed by atoms with van der Waals surface area (Å²) in [6, 6.07) is 0.838. The van der Waals surface area contributed by atoms with Gasteiger partial charge in [0.1, 0.15) is 0 Å². The van der Waals surface area contributed by atoms with Gasteiger partial charge in [0.25, 0.3) is 0 Å². The molecule has 1 unspecified atom stereocenters. The molecule has 1 saturated heterocycles. The summed E-state index contributed by atoms with van der Waals surface area (Å²) in [5.74, 6) is 0.760. The highest BCUT2D eigenvalue weighted by Crippen LogP contribution is 2.22. The zero-order chi connectivity index (χ0) is 14.5. The van der Waals surface area contributed by atoms with Crippen molar-refractivity contribution in [1.29, 1.82) is 0 Å². The third kappa shape index (κ3) is 7.28. The first kappa shape index (κ1) is 16.9. The topological polar surface area (TPSA) is 35.5 Å². The van der Waals surface area contributed by atoms with Crippen LogP contribution in [0.5, 0.6) is 0 Å². The molecule has 1 aliphatic rings. The number of rotatable bonds is 6. The molecular weight excluding hydrogens is 236 g/mol. The van der Waals surface area contributed by atoms with Gasteiger partial charge < -0.3 is 15.3 Å². The van der Waals surface area contributed by atoms with Crippen LogP contribution in [0.25, 0.3) is 0 Å². The minimum Gasteiger partial charge on any atom is -0.395 e. The van der Waals surface area contributed by atoms with Crippen LogP contribution in [0.1, 0.15) is 53.9 Å². The molecule has 1 atom stereocenters. The van der Waals surface area contributed by atoms with Crippen molar-refractivity contribution in [1.82, 2.24) is 10.2 Å². The Bertz CT molecular complexity index is 240. The minimum absolute atomic E-state index is 0.252. The maximum atomic E-state index is 9.52. The van der Waals surface area contributed by atoms with E-state index in [0.717, 1.165) is 12.3 Å². The summed E-state index contributed by atoms with van der Waals surface area (Å²) >= 11 is 0. The Morgan fingerprint density at radius 3 is 2.21 bits per heavy atom. The van der Waals surface area contributed by atoms with Crippen LogP contribution in [0.4, 0.5) is 0 Å². The summed E-state index contributed by atoms with van der Waals surface area (Å²) in [6.45, 7) is 15.2. The zero-order valence-corrected chi connectivity index (χ0v) is 13.6. The smallest absolute Gasteiger partial charge is 0.0584 e. The van der Waals surface area contributed by atoms with Crippen molar-refractivity contribution in [3.63, 3.8) is 0 Å². The molecule has 0 aliphatic carbocycles. The lowest BCUT2D eigenvalue weighted by Crippen LogP contribution is -2.48. The lowest BCUT2D eigenvalue weighted by molar-refractivity contribution is 0.145. The van der Waals surface area contributed by atoms with Crippen LogP contribution < -0.4 is 5.32 Å². The molecule has 1 rings (SSSR count). The SMILES string of the molecule is CC(C)CN1CCC(NC(CO)CC(C)(C)C)CC1. The van der Waals surface area contributed by atoms with E-state index < -0.39 is 0 Å². The normalized spacial score (nSPS) is 21.0. The molecule has 19 heavy (non-hydrogen) atoms. The predicted molar refractivity (Wildman–Crippen MR) is 82.4 cm³/mol. The van der Waals surface area contributed by atoms with E-state index >= 15 is 0 Å². The Morgan fingerprint density at radius 1 is 1.21 bits per heavy atom. The lowest BCUT2D eigenvalue weighted by atomic mass is 9.87. The average Bonchev–Trinajstić information content (AvgIpc) is 2.28. The molecular formula is C16H34N2O. The zero-order valence-electron chi connectivity index (χ0n) is 13.6. The van der Waals surface area contributed by atoms with E-state index in [9.17, 15) is 5.11 Å². The highest BCUT2D eigenvalue weighted by atomic mass is 16.3. The van der Waals surface area contributed by atoms with Gasteiger partial charge in [-0.05, 0) is 43.7 Å². The van der Waals surface area contributed by atoms with E-state index in [2.05, 4.69) is 44.8 Å². The van der Waals surface area contributed by atoms with Gasteiger partial charge in [0.15, 0.2) is 0 Å². The number of nitrogens with one attached hydrogen (secondary N) is 1. The highest BCUT2D eigenvalue weighted by molar-refractivity contribution is 4.82. The third-order valence-electron chi connectivity index (χ3n) is 3.76. The standard InChI is InChI=1S/C16H34N2O/c1-13(2)11-18-8-6-14(7-9-18)17-15(12-19)10-16(3,4)5/h13-15,17,19H,6-12H2,1-5H3. The van der Waals surface area contributed by atoms with Crippen molar-refractivity contribution in [2.24, 2.45) is 11.3 Å². The Morgan fingerprint density at radius 2 is 1.79 bits per heavy atom. The van der Waals surface area contributed by atoms with E-state index in [1.807, 2.05) is 0 Å². The van der Waals surface area contributed by atoms with Crippen molar-refractivity contribution < 1.29 is 5.11 Å². The van der Waals surface area contributed by atoms with Gasteiger partial charge in [-0.1, -0.05) is 34.6 Å². The lowest BCUT2D eigenvalue weighted by Gasteiger charge is -2.36. The molecule has 0 spiro atoms. The molecule has 0 bridgehead atoms. The molecule has 3 nitrogen and oxygen atoms in total. The van der Waals surface area contributed by atoms with Gasteiger partial charge >= 0.3 is 0 Å². The molecule has 0 radical (unpaired) electrons. The van der Waals surface area contributed by atoms with Crippen molar-refractivity contribution in [3.05, 3.63) is 0 Å². The van der Waals surface area contributed by atoms with Crippen molar-refractivity contribution in [2.45, 2.75) is 66.0 Å². The molecule has 0 aromatic carbocycles. The molecule has 2 N–H and O–H groups in total. The summed E-state index contributed by atoms with van der Waals surface area (Å²) in [4.78, 5) is 2.57. The van der Waals surface area contributed by atoms with Gasteiger partial charge in [0.2, 0.25) is 0 Å². The molecule has 1 aliphatic heterocycles. The van der Waals surface area contributed by atoms with Gasteiger partial charge in [-0.3, -0.25) is 0 Å². The second kappa shape index (κ2) is 7.61. The molecule has 1 fully saturated rings. The number of aliphatic hydroxyl groups excluding tert-OH is 1. The first-order valence-corrected chi connectivity index (χ1v) is 7.89. The number of hydrogen-bond donors (Lipinski definition) is 2.